The van der Waals surface area contributed by atoms with Crippen molar-refractivity contribution in [2.75, 3.05) is 17.1 Å². The maximum absolute atomic E-state index is 12.4. The highest BCUT2D eigenvalue weighted by Gasteiger charge is 2.21. The van der Waals surface area contributed by atoms with Crippen molar-refractivity contribution in [1.29, 1.82) is 0 Å². The molecule has 1 amide bonds. The number of hydrogen-bond acceptors (Lipinski definition) is 5. The van der Waals surface area contributed by atoms with Crippen LogP contribution in [0.3, 0.4) is 0 Å². The molecule has 166 valence electrons. The quantitative estimate of drug-likeness (QED) is 0.250. The van der Waals surface area contributed by atoms with Crippen LogP contribution in [0.25, 0.3) is 0 Å². The van der Waals surface area contributed by atoms with E-state index in [4.69, 9.17) is 4.74 Å². The molecular formula is C23H22IN3O4S. The number of carbonyl (C=O) groups is 1. The first kappa shape index (κ1) is 23.7. The second-order valence-electron chi connectivity index (χ2n) is 6.92. The summed E-state index contributed by atoms with van der Waals surface area (Å²) in [6.07, 6.45) is 1.05. The summed E-state index contributed by atoms with van der Waals surface area (Å²) in [5.41, 5.74) is 4.25. The number of nitrogens with one attached hydrogen (secondary N) is 1. The van der Waals surface area contributed by atoms with E-state index in [1.165, 1.54) is 0 Å². The normalized spacial score (nSPS) is 11.7. The molecule has 3 aromatic rings. The SMILES string of the molecule is C/C(=N/NC(=O)CN(c1ccc(Oc2ccccc2)cc1)S(C)(=O)=O)c1ccc(I)cc1. The van der Waals surface area contributed by atoms with Gasteiger partial charge in [-0.05, 0) is 83.6 Å². The van der Waals surface area contributed by atoms with Crippen molar-refractivity contribution in [3.8, 4) is 11.5 Å². The topological polar surface area (TPSA) is 88.1 Å². The Morgan fingerprint density at radius 3 is 2.16 bits per heavy atom. The van der Waals surface area contributed by atoms with Crippen LogP contribution in [0.4, 0.5) is 5.69 Å². The highest BCUT2D eigenvalue weighted by Crippen LogP contribution is 2.25. The molecule has 0 fully saturated rings. The number of nitrogens with zero attached hydrogens (tertiary/aromatic N) is 2. The predicted molar refractivity (Wildman–Crippen MR) is 135 cm³/mol. The van der Waals surface area contributed by atoms with Crippen molar-refractivity contribution in [1.82, 2.24) is 5.43 Å². The molecule has 0 aromatic heterocycles. The highest BCUT2D eigenvalue weighted by molar-refractivity contribution is 14.1. The molecule has 0 bridgehead atoms. The maximum atomic E-state index is 12.4. The summed E-state index contributed by atoms with van der Waals surface area (Å²) in [5.74, 6) is 0.668. The lowest BCUT2D eigenvalue weighted by molar-refractivity contribution is -0.119. The summed E-state index contributed by atoms with van der Waals surface area (Å²) in [7, 11) is -3.70. The average molecular weight is 563 g/mol. The Kier molecular flexibility index (Phi) is 7.86. The lowest BCUT2D eigenvalue weighted by Gasteiger charge is -2.21. The van der Waals surface area contributed by atoms with Gasteiger partial charge in [-0.25, -0.2) is 13.8 Å². The molecule has 0 spiro atoms. The zero-order valence-corrected chi connectivity index (χ0v) is 20.5. The van der Waals surface area contributed by atoms with Crippen LogP contribution in [0.2, 0.25) is 0 Å². The number of ether oxygens (including phenoxy) is 1. The van der Waals surface area contributed by atoms with Crippen LogP contribution in [0.5, 0.6) is 11.5 Å². The monoisotopic (exact) mass is 563 g/mol. The van der Waals surface area contributed by atoms with Crippen molar-refractivity contribution in [2.24, 2.45) is 5.10 Å². The van der Waals surface area contributed by atoms with Gasteiger partial charge in [-0.3, -0.25) is 9.10 Å². The fourth-order valence-electron chi connectivity index (χ4n) is 2.77. The fourth-order valence-corrected chi connectivity index (χ4v) is 3.99. The molecule has 9 heteroatoms. The van der Waals surface area contributed by atoms with Crippen molar-refractivity contribution >= 4 is 49.9 Å². The van der Waals surface area contributed by atoms with E-state index in [2.05, 4.69) is 33.1 Å². The minimum Gasteiger partial charge on any atom is -0.457 e. The van der Waals surface area contributed by atoms with Gasteiger partial charge in [-0.2, -0.15) is 5.10 Å². The summed E-state index contributed by atoms with van der Waals surface area (Å²) < 4.78 is 32.5. The van der Waals surface area contributed by atoms with E-state index in [9.17, 15) is 13.2 Å². The molecule has 7 nitrogen and oxygen atoms in total. The first-order valence-electron chi connectivity index (χ1n) is 9.62. The Hall–Kier alpha value is -2.92. The first-order valence-corrected chi connectivity index (χ1v) is 12.5. The fraction of sp³-hybridized carbons (Fsp3) is 0.130. The van der Waals surface area contributed by atoms with Gasteiger partial charge in [0, 0.05) is 3.57 Å². The van der Waals surface area contributed by atoms with E-state index < -0.39 is 22.5 Å². The Balaban J connectivity index is 1.69. The number of anilines is 1. The van der Waals surface area contributed by atoms with Gasteiger partial charge < -0.3 is 4.74 Å². The molecule has 0 aliphatic rings. The molecule has 32 heavy (non-hydrogen) atoms. The highest BCUT2D eigenvalue weighted by atomic mass is 127. The number of amides is 1. The molecule has 0 heterocycles. The second kappa shape index (κ2) is 10.6. The smallest absolute Gasteiger partial charge is 0.260 e. The van der Waals surface area contributed by atoms with Crippen LogP contribution < -0.4 is 14.5 Å². The predicted octanol–water partition coefficient (Wildman–Crippen LogP) is 4.39. The summed E-state index contributed by atoms with van der Waals surface area (Å²) in [5, 5.41) is 4.09. The molecule has 0 radical (unpaired) electrons. The van der Waals surface area contributed by atoms with Crippen LogP contribution in [-0.2, 0) is 14.8 Å². The van der Waals surface area contributed by atoms with E-state index in [0.29, 0.717) is 22.9 Å². The van der Waals surface area contributed by atoms with Gasteiger partial charge in [0.25, 0.3) is 5.91 Å². The Morgan fingerprint density at radius 2 is 1.56 bits per heavy atom. The van der Waals surface area contributed by atoms with E-state index >= 15 is 0 Å². The number of para-hydroxylation sites is 1. The molecule has 3 rings (SSSR count). The number of benzene rings is 3. The Labute approximate surface area is 201 Å². The minimum atomic E-state index is -3.70. The van der Waals surface area contributed by atoms with Gasteiger partial charge >= 0.3 is 0 Å². The van der Waals surface area contributed by atoms with Gasteiger partial charge in [-0.15, -0.1) is 0 Å². The van der Waals surface area contributed by atoms with Crippen molar-refractivity contribution in [2.45, 2.75) is 6.92 Å². The lowest BCUT2D eigenvalue weighted by atomic mass is 10.1. The second-order valence-corrected chi connectivity index (χ2v) is 10.1. The van der Waals surface area contributed by atoms with Crippen molar-refractivity contribution in [3.05, 3.63) is 88.0 Å². The zero-order chi connectivity index (χ0) is 23.1. The minimum absolute atomic E-state index is 0.349. The van der Waals surface area contributed by atoms with Crippen molar-refractivity contribution < 1.29 is 17.9 Å². The van der Waals surface area contributed by atoms with Crippen LogP contribution in [0, 0.1) is 3.57 Å². The van der Waals surface area contributed by atoms with E-state index in [1.807, 2.05) is 54.6 Å². The van der Waals surface area contributed by atoms with Crippen LogP contribution in [-0.4, -0.2) is 32.8 Å². The molecule has 0 atom stereocenters. The molecule has 0 saturated heterocycles. The van der Waals surface area contributed by atoms with E-state index in [0.717, 1.165) is 19.7 Å². The van der Waals surface area contributed by atoms with Gasteiger partial charge in [0.15, 0.2) is 0 Å². The summed E-state index contributed by atoms with van der Waals surface area (Å²) in [6.45, 7) is 1.36. The molecule has 3 aromatic carbocycles. The first-order chi connectivity index (χ1) is 15.2. The third-order valence-electron chi connectivity index (χ3n) is 4.40. The molecule has 0 saturated carbocycles. The summed E-state index contributed by atoms with van der Waals surface area (Å²) in [4.78, 5) is 12.4. The third kappa shape index (κ3) is 6.79. The van der Waals surface area contributed by atoms with Gasteiger partial charge in [0.05, 0.1) is 17.7 Å². The summed E-state index contributed by atoms with van der Waals surface area (Å²) >= 11 is 2.21. The standard InChI is InChI=1S/C23H22IN3O4S/c1-17(18-8-10-19(24)11-9-18)25-26-23(28)16-27(32(2,29)30)20-12-14-22(15-13-20)31-21-6-4-3-5-7-21/h3-15H,16H2,1-2H3,(H,26,28)/b25-17-. The number of hydrogen-bond donors (Lipinski definition) is 1. The summed E-state index contributed by atoms with van der Waals surface area (Å²) in [6, 6.07) is 23.4. The maximum Gasteiger partial charge on any atom is 0.260 e. The van der Waals surface area contributed by atoms with Crippen LogP contribution in [0.15, 0.2) is 84.0 Å². The largest absolute Gasteiger partial charge is 0.457 e. The van der Waals surface area contributed by atoms with Crippen LogP contribution >= 0.6 is 22.6 Å². The van der Waals surface area contributed by atoms with Gasteiger partial charge in [0.1, 0.15) is 18.0 Å². The average Bonchev–Trinajstić information content (AvgIpc) is 2.77. The van der Waals surface area contributed by atoms with Gasteiger partial charge in [0.2, 0.25) is 10.0 Å². The molecule has 0 aliphatic carbocycles. The van der Waals surface area contributed by atoms with Crippen molar-refractivity contribution in [3.63, 3.8) is 0 Å². The third-order valence-corrected chi connectivity index (χ3v) is 6.26. The number of rotatable bonds is 8. The number of carbonyl (C=O) groups excluding carboxylic acids is 1. The lowest BCUT2D eigenvalue weighted by Crippen LogP contribution is -2.39. The van der Waals surface area contributed by atoms with Gasteiger partial charge in [-0.1, -0.05) is 30.3 Å². The molecular weight excluding hydrogens is 541 g/mol. The Bertz CT molecular complexity index is 1200. The number of hydrazone groups is 1. The van der Waals surface area contributed by atoms with E-state index in [1.54, 1.807) is 31.2 Å². The molecule has 1 N–H and O–H groups in total. The number of halogens is 1. The van der Waals surface area contributed by atoms with Crippen LogP contribution in [0.1, 0.15) is 12.5 Å². The zero-order valence-electron chi connectivity index (χ0n) is 17.5. The van der Waals surface area contributed by atoms with E-state index in [-0.39, 0.29) is 0 Å². The number of sulfonamides is 1. The molecule has 0 unspecified atom stereocenters. The Morgan fingerprint density at radius 1 is 0.969 bits per heavy atom. The molecule has 0 aliphatic heterocycles.